The molecule has 0 aromatic carbocycles. The molecule has 0 radical (unpaired) electrons. The van der Waals surface area contributed by atoms with Crippen LogP contribution in [0.15, 0.2) is 6.20 Å². The second-order valence-electron chi connectivity index (χ2n) is 2.47. The van der Waals surface area contributed by atoms with Gasteiger partial charge in [0.2, 0.25) is 0 Å². The molecule has 0 aliphatic heterocycles. The van der Waals surface area contributed by atoms with Crippen molar-refractivity contribution in [3.05, 3.63) is 17.5 Å². The van der Waals surface area contributed by atoms with E-state index in [1.54, 1.807) is 13.3 Å². The highest BCUT2D eigenvalue weighted by molar-refractivity contribution is 5.58. The number of nitrogens with zero attached hydrogens (tertiary/aromatic N) is 1. The van der Waals surface area contributed by atoms with Crippen LogP contribution >= 0.6 is 0 Å². The number of ether oxygens (including phenoxy) is 1. The Morgan fingerprint density at radius 2 is 2.09 bits per heavy atom. The van der Waals surface area contributed by atoms with E-state index in [0.29, 0.717) is 5.69 Å². The lowest BCUT2D eigenvalue weighted by atomic mass is 10.2. The first kappa shape index (κ1) is 7.85. The van der Waals surface area contributed by atoms with E-state index in [1.165, 1.54) is 0 Å². The van der Waals surface area contributed by atoms with Gasteiger partial charge in [-0.05, 0) is 13.8 Å². The fourth-order valence-electron chi connectivity index (χ4n) is 0.969. The van der Waals surface area contributed by atoms with Crippen molar-refractivity contribution in [1.29, 1.82) is 0 Å². The van der Waals surface area contributed by atoms with Crippen molar-refractivity contribution in [2.75, 3.05) is 12.8 Å². The number of hydrogen-bond acceptors (Lipinski definition) is 3. The van der Waals surface area contributed by atoms with Crippen molar-refractivity contribution in [1.82, 2.24) is 4.98 Å². The van der Waals surface area contributed by atoms with Crippen LogP contribution < -0.4 is 10.5 Å². The highest BCUT2D eigenvalue weighted by atomic mass is 16.5. The van der Waals surface area contributed by atoms with Gasteiger partial charge < -0.3 is 10.5 Å². The van der Waals surface area contributed by atoms with Crippen molar-refractivity contribution >= 4 is 5.69 Å². The molecule has 11 heavy (non-hydrogen) atoms. The monoisotopic (exact) mass is 152 g/mol. The maximum absolute atomic E-state index is 5.71. The van der Waals surface area contributed by atoms with Crippen molar-refractivity contribution in [2.45, 2.75) is 13.8 Å². The van der Waals surface area contributed by atoms with Crippen LogP contribution in [0.1, 0.15) is 11.3 Å². The van der Waals surface area contributed by atoms with Crippen molar-refractivity contribution in [3.63, 3.8) is 0 Å². The molecule has 1 aromatic rings. The van der Waals surface area contributed by atoms with Gasteiger partial charge in [0, 0.05) is 11.8 Å². The van der Waals surface area contributed by atoms with Crippen LogP contribution in [0.3, 0.4) is 0 Å². The first-order valence-electron chi connectivity index (χ1n) is 3.42. The Morgan fingerprint density at radius 1 is 1.45 bits per heavy atom. The molecule has 60 valence electrons. The predicted molar refractivity (Wildman–Crippen MR) is 44.7 cm³/mol. The summed E-state index contributed by atoms with van der Waals surface area (Å²) >= 11 is 0. The van der Waals surface area contributed by atoms with E-state index in [1.807, 2.05) is 13.8 Å². The topological polar surface area (TPSA) is 48.1 Å². The molecule has 3 heteroatoms. The fraction of sp³-hybridized carbons (Fsp3) is 0.375. The van der Waals surface area contributed by atoms with Crippen LogP contribution in [0, 0.1) is 13.8 Å². The van der Waals surface area contributed by atoms with Crippen molar-refractivity contribution < 1.29 is 4.74 Å². The van der Waals surface area contributed by atoms with E-state index >= 15 is 0 Å². The highest BCUT2D eigenvalue weighted by Gasteiger charge is 2.05. The Balaban J connectivity index is 3.29. The molecule has 1 heterocycles. The number of aryl methyl sites for hydroxylation is 2. The Kier molecular flexibility index (Phi) is 1.98. The average Bonchev–Trinajstić information content (AvgIpc) is 1.99. The molecule has 0 atom stereocenters. The molecule has 0 spiro atoms. The lowest BCUT2D eigenvalue weighted by Crippen LogP contribution is -1.99. The lowest BCUT2D eigenvalue weighted by Gasteiger charge is -2.08. The normalized spacial score (nSPS) is 9.73. The molecule has 0 saturated heterocycles. The van der Waals surface area contributed by atoms with Gasteiger partial charge in [0.25, 0.3) is 0 Å². The molecule has 0 amide bonds. The summed E-state index contributed by atoms with van der Waals surface area (Å²) in [6.07, 6.45) is 1.75. The summed E-state index contributed by atoms with van der Waals surface area (Å²) in [6.45, 7) is 3.78. The number of pyridine rings is 1. The second-order valence-corrected chi connectivity index (χ2v) is 2.47. The Labute approximate surface area is 66.2 Å². The zero-order valence-electron chi connectivity index (χ0n) is 7.01. The van der Waals surface area contributed by atoms with Crippen molar-refractivity contribution in [2.24, 2.45) is 0 Å². The smallest absolute Gasteiger partial charge is 0.148 e. The number of aromatic nitrogens is 1. The molecule has 3 nitrogen and oxygen atoms in total. The third-order valence-corrected chi connectivity index (χ3v) is 1.65. The van der Waals surface area contributed by atoms with Crippen LogP contribution in [-0.4, -0.2) is 12.1 Å². The van der Waals surface area contributed by atoms with Gasteiger partial charge in [-0.1, -0.05) is 0 Å². The zero-order valence-corrected chi connectivity index (χ0v) is 7.01. The van der Waals surface area contributed by atoms with Gasteiger partial charge in [0.1, 0.15) is 5.75 Å². The summed E-state index contributed by atoms with van der Waals surface area (Å²) in [4.78, 5) is 4.08. The Bertz CT molecular complexity index is 271. The highest BCUT2D eigenvalue weighted by Crippen LogP contribution is 2.26. The van der Waals surface area contributed by atoms with Gasteiger partial charge in [-0.3, -0.25) is 4.98 Å². The van der Waals surface area contributed by atoms with Gasteiger partial charge in [-0.25, -0.2) is 0 Å². The minimum Gasteiger partial charge on any atom is -0.494 e. The SMILES string of the molecule is COc1c(C)cnc(C)c1N. The van der Waals surface area contributed by atoms with E-state index in [4.69, 9.17) is 10.5 Å². The number of nitrogen functional groups attached to an aromatic ring is 1. The summed E-state index contributed by atoms with van der Waals surface area (Å²) < 4.78 is 5.09. The Morgan fingerprint density at radius 3 is 2.55 bits per heavy atom. The zero-order chi connectivity index (χ0) is 8.43. The standard InChI is InChI=1S/C8H12N2O/c1-5-4-10-6(2)7(9)8(5)11-3/h4H,9H2,1-3H3. The molecule has 0 aliphatic carbocycles. The molecule has 0 aliphatic rings. The van der Waals surface area contributed by atoms with Gasteiger partial charge in [-0.15, -0.1) is 0 Å². The summed E-state index contributed by atoms with van der Waals surface area (Å²) in [5, 5.41) is 0. The van der Waals surface area contributed by atoms with E-state index in [0.717, 1.165) is 17.0 Å². The number of anilines is 1. The van der Waals surface area contributed by atoms with E-state index in [-0.39, 0.29) is 0 Å². The first-order valence-corrected chi connectivity index (χ1v) is 3.42. The minimum atomic E-state index is 0.632. The van der Waals surface area contributed by atoms with Gasteiger partial charge >= 0.3 is 0 Å². The third-order valence-electron chi connectivity index (χ3n) is 1.65. The predicted octanol–water partition coefficient (Wildman–Crippen LogP) is 1.29. The molecule has 0 saturated carbocycles. The van der Waals surface area contributed by atoms with Gasteiger partial charge in [0.05, 0.1) is 18.5 Å². The maximum Gasteiger partial charge on any atom is 0.148 e. The average molecular weight is 152 g/mol. The van der Waals surface area contributed by atoms with Crippen molar-refractivity contribution in [3.8, 4) is 5.75 Å². The molecule has 1 aromatic heterocycles. The summed E-state index contributed by atoms with van der Waals surface area (Å²) in [5.74, 6) is 0.734. The minimum absolute atomic E-state index is 0.632. The van der Waals surface area contributed by atoms with E-state index in [2.05, 4.69) is 4.98 Å². The summed E-state index contributed by atoms with van der Waals surface area (Å²) in [5.41, 5.74) is 8.12. The number of rotatable bonds is 1. The first-order chi connectivity index (χ1) is 5.16. The second kappa shape index (κ2) is 2.78. The number of methoxy groups -OCH3 is 1. The lowest BCUT2D eigenvalue weighted by molar-refractivity contribution is 0.413. The number of nitrogens with two attached hydrogens (primary N) is 1. The molecule has 0 bridgehead atoms. The largest absolute Gasteiger partial charge is 0.494 e. The number of hydrogen-bond donors (Lipinski definition) is 1. The Hall–Kier alpha value is -1.25. The summed E-state index contributed by atoms with van der Waals surface area (Å²) in [6, 6.07) is 0. The molecule has 2 N–H and O–H groups in total. The van der Waals surface area contributed by atoms with E-state index in [9.17, 15) is 0 Å². The van der Waals surface area contributed by atoms with Crippen LogP contribution in [0.5, 0.6) is 5.75 Å². The quantitative estimate of drug-likeness (QED) is 0.659. The van der Waals surface area contributed by atoms with Gasteiger partial charge in [-0.2, -0.15) is 0 Å². The molecule has 0 unspecified atom stereocenters. The van der Waals surface area contributed by atoms with E-state index < -0.39 is 0 Å². The molecular weight excluding hydrogens is 140 g/mol. The van der Waals surface area contributed by atoms with Gasteiger partial charge in [0.15, 0.2) is 0 Å². The van der Waals surface area contributed by atoms with Crippen LogP contribution in [0.25, 0.3) is 0 Å². The summed E-state index contributed by atoms with van der Waals surface area (Å²) in [7, 11) is 1.61. The fourth-order valence-corrected chi connectivity index (χ4v) is 0.969. The molecule has 1 rings (SSSR count). The maximum atomic E-state index is 5.71. The molecular formula is C8H12N2O. The van der Waals surface area contributed by atoms with Crippen LogP contribution in [0.4, 0.5) is 5.69 Å². The van der Waals surface area contributed by atoms with Crippen LogP contribution in [0.2, 0.25) is 0 Å². The third kappa shape index (κ3) is 1.27. The van der Waals surface area contributed by atoms with Crippen LogP contribution in [-0.2, 0) is 0 Å². The molecule has 0 fully saturated rings.